The number of hydrogen-bond donors (Lipinski definition) is 3. The van der Waals surface area contributed by atoms with Crippen molar-refractivity contribution in [3.8, 4) is 11.5 Å². The molecule has 1 amide bonds. The molecule has 2 fully saturated rings. The summed E-state index contributed by atoms with van der Waals surface area (Å²) in [5.74, 6) is -0.492. The molecule has 0 aromatic heterocycles. The molecule has 2 aromatic carbocycles. The van der Waals surface area contributed by atoms with Gasteiger partial charge in [-0.25, -0.2) is 4.79 Å². The molecular formula is C26H30F2N2O6. The third-order valence-electron chi connectivity index (χ3n) is 6.67. The predicted octanol–water partition coefficient (Wildman–Crippen LogP) is 3.76. The lowest BCUT2D eigenvalue weighted by molar-refractivity contribution is -0.129. The van der Waals surface area contributed by atoms with E-state index in [0.717, 1.165) is 18.4 Å². The van der Waals surface area contributed by atoms with Gasteiger partial charge in [0.2, 0.25) is 5.91 Å². The number of carboxylic acids is 1. The Labute approximate surface area is 207 Å². The first-order valence-corrected chi connectivity index (χ1v) is 11.9. The molecule has 1 aliphatic heterocycles. The van der Waals surface area contributed by atoms with Gasteiger partial charge in [-0.3, -0.25) is 10.1 Å². The van der Waals surface area contributed by atoms with E-state index in [4.69, 9.17) is 9.84 Å². The van der Waals surface area contributed by atoms with Crippen molar-refractivity contribution in [2.45, 2.75) is 51.0 Å². The van der Waals surface area contributed by atoms with Crippen LogP contribution in [0.1, 0.15) is 59.8 Å². The summed E-state index contributed by atoms with van der Waals surface area (Å²) in [4.78, 5) is 25.1. The molecule has 3 atom stereocenters. The normalized spacial score (nSPS) is 20.4. The largest absolute Gasteiger partial charge is 0.489 e. The first kappa shape index (κ1) is 25.8. The molecule has 0 spiro atoms. The monoisotopic (exact) mass is 504 g/mol. The van der Waals surface area contributed by atoms with Crippen LogP contribution in [0, 0.1) is 5.92 Å². The lowest BCUT2D eigenvalue weighted by Crippen LogP contribution is -2.41. The van der Waals surface area contributed by atoms with E-state index in [0.29, 0.717) is 37.6 Å². The second kappa shape index (κ2) is 11.2. The van der Waals surface area contributed by atoms with Crippen LogP contribution in [0.25, 0.3) is 0 Å². The number of rotatable bonds is 11. The van der Waals surface area contributed by atoms with Gasteiger partial charge in [0.25, 0.3) is 0 Å². The van der Waals surface area contributed by atoms with E-state index in [1.807, 2.05) is 0 Å². The molecule has 2 unspecified atom stereocenters. The van der Waals surface area contributed by atoms with E-state index in [9.17, 15) is 23.5 Å². The maximum Gasteiger partial charge on any atom is 0.387 e. The van der Waals surface area contributed by atoms with Crippen LogP contribution in [0.15, 0.2) is 42.5 Å². The first-order valence-electron chi connectivity index (χ1n) is 11.9. The number of aliphatic hydroxyl groups is 1. The van der Waals surface area contributed by atoms with Crippen LogP contribution in [0.4, 0.5) is 8.78 Å². The predicted molar refractivity (Wildman–Crippen MR) is 126 cm³/mol. The van der Waals surface area contributed by atoms with E-state index in [2.05, 4.69) is 10.1 Å². The fourth-order valence-corrected chi connectivity index (χ4v) is 4.49. The molecule has 0 bridgehead atoms. The minimum absolute atomic E-state index is 0.00826. The maximum atomic E-state index is 12.9. The van der Waals surface area contributed by atoms with Gasteiger partial charge in [0, 0.05) is 32.0 Å². The molecule has 2 aromatic rings. The van der Waals surface area contributed by atoms with Crippen LogP contribution in [-0.4, -0.2) is 59.3 Å². The number of benzene rings is 2. The number of nitrogens with one attached hydrogen (secondary N) is 1. The topological polar surface area (TPSA) is 108 Å². The van der Waals surface area contributed by atoms with Crippen molar-refractivity contribution in [2.75, 3.05) is 19.7 Å². The fraction of sp³-hybridized carbons (Fsp3) is 0.462. The quantitative estimate of drug-likeness (QED) is 0.400. The third-order valence-corrected chi connectivity index (χ3v) is 6.67. The van der Waals surface area contributed by atoms with Crippen molar-refractivity contribution >= 4 is 11.9 Å². The van der Waals surface area contributed by atoms with E-state index in [1.54, 1.807) is 17.0 Å². The number of nitrogens with zero attached hydrogens (tertiary/aromatic N) is 1. The van der Waals surface area contributed by atoms with Gasteiger partial charge in [0.1, 0.15) is 6.23 Å². The number of hydrogen-bond acceptors (Lipinski definition) is 6. The van der Waals surface area contributed by atoms with Gasteiger partial charge < -0.3 is 24.6 Å². The number of ether oxygens (including phenoxy) is 2. The van der Waals surface area contributed by atoms with Crippen molar-refractivity contribution in [3.63, 3.8) is 0 Å². The smallest absolute Gasteiger partial charge is 0.387 e. The van der Waals surface area contributed by atoms with Crippen LogP contribution in [-0.2, 0) is 4.79 Å². The average molecular weight is 505 g/mol. The zero-order valence-electron chi connectivity index (χ0n) is 19.9. The first-order chi connectivity index (χ1) is 17.2. The summed E-state index contributed by atoms with van der Waals surface area (Å²) in [5, 5.41) is 22.6. The van der Waals surface area contributed by atoms with Crippen molar-refractivity contribution in [3.05, 3.63) is 59.2 Å². The molecule has 194 valence electrons. The number of likely N-dealkylation sites (tertiary alicyclic amines) is 1. The summed E-state index contributed by atoms with van der Waals surface area (Å²) in [6.45, 7) is -0.260. The van der Waals surface area contributed by atoms with E-state index < -0.39 is 18.8 Å². The van der Waals surface area contributed by atoms with Gasteiger partial charge in [0.15, 0.2) is 11.5 Å². The Bertz CT molecular complexity index is 1080. The number of aromatic carboxylic acids is 1. The van der Waals surface area contributed by atoms with Crippen LogP contribution in [0.3, 0.4) is 0 Å². The molecule has 2 aliphatic rings. The standard InChI is InChI=1S/C26H30F2N2O6/c1-15(31)30-13-20(10-21(30)12-29-24(32)17-4-6-18(7-5-17)25(33)34)19-8-9-22(36-26(27)28)23(11-19)35-14-16-2-3-16/h4-9,11,16,20-21,24,26,29,32H,2-3,10,12-14H2,1H3,(H,33,34)/t20?,21-,24?/m1/s1. The van der Waals surface area contributed by atoms with E-state index in [-0.39, 0.29) is 34.9 Å². The van der Waals surface area contributed by atoms with Crippen LogP contribution in [0.2, 0.25) is 0 Å². The van der Waals surface area contributed by atoms with Crippen LogP contribution < -0.4 is 14.8 Å². The van der Waals surface area contributed by atoms with E-state index >= 15 is 0 Å². The molecule has 4 rings (SSSR count). The van der Waals surface area contributed by atoms with Gasteiger partial charge in [-0.15, -0.1) is 0 Å². The molecule has 1 saturated heterocycles. The summed E-state index contributed by atoms with van der Waals surface area (Å²) in [5.41, 5.74) is 1.50. The van der Waals surface area contributed by atoms with Crippen molar-refractivity contribution < 1.29 is 38.1 Å². The highest BCUT2D eigenvalue weighted by Crippen LogP contribution is 2.38. The minimum Gasteiger partial charge on any atom is -0.489 e. The summed E-state index contributed by atoms with van der Waals surface area (Å²) < 4.78 is 36.1. The lowest BCUT2D eigenvalue weighted by Gasteiger charge is -2.25. The summed E-state index contributed by atoms with van der Waals surface area (Å²) in [6, 6.07) is 10.6. The number of carbonyl (C=O) groups excluding carboxylic acids is 1. The number of amides is 1. The van der Waals surface area contributed by atoms with Crippen LogP contribution >= 0.6 is 0 Å². The van der Waals surface area contributed by atoms with Crippen molar-refractivity contribution in [1.82, 2.24) is 10.2 Å². The van der Waals surface area contributed by atoms with Gasteiger partial charge in [-0.2, -0.15) is 8.78 Å². The number of carbonyl (C=O) groups is 2. The Hall–Kier alpha value is -3.24. The fourth-order valence-electron chi connectivity index (χ4n) is 4.49. The van der Waals surface area contributed by atoms with Crippen molar-refractivity contribution in [2.24, 2.45) is 5.92 Å². The van der Waals surface area contributed by atoms with Gasteiger partial charge in [-0.05, 0) is 60.6 Å². The SMILES string of the molecule is CC(=O)N1CC(c2ccc(OC(F)F)c(OCC3CC3)c2)C[C@@H]1CNC(O)c1ccc(C(=O)O)cc1. The molecule has 0 radical (unpaired) electrons. The average Bonchev–Trinajstić information content (AvgIpc) is 3.58. The van der Waals surface area contributed by atoms with Gasteiger partial charge in [-0.1, -0.05) is 18.2 Å². The second-order valence-electron chi connectivity index (χ2n) is 9.33. The molecule has 3 N–H and O–H groups in total. The minimum atomic E-state index is -2.96. The Balaban J connectivity index is 1.43. The summed E-state index contributed by atoms with van der Waals surface area (Å²) >= 11 is 0. The lowest BCUT2D eigenvalue weighted by atomic mass is 9.96. The number of alkyl halides is 2. The maximum absolute atomic E-state index is 12.9. The Morgan fingerprint density at radius 1 is 1.14 bits per heavy atom. The highest BCUT2D eigenvalue weighted by molar-refractivity contribution is 5.87. The summed E-state index contributed by atoms with van der Waals surface area (Å²) in [7, 11) is 0. The summed E-state index contributed by atoms with van der Waals surface area (Å²) in [6.07, 6.45) is 1.69. The van der Waals surface area contributed by atoms with Gasteiger partial charge >= 0.3 is 12.6 Å². The van der Waals surface area contributed by atoms with Crippen LogP contribution in [0.5, 0.6) is 11.5 Å². The molecule has 1 heterocycles. The van der Waals surface area contributed by atoms with Gasteiger partial charge in [0.05, 0.1) is 12.2 Å². The zero-order chi connectivity index (χ0) is 25.8. The zero-order valence-corrected chi connectivity index (χ0v) is 19.9. The Morgan fingerprint density at radius 2 is 1.86 bits per heavy atom. The Morgan fingerprint density at radius 3 is 2.47 bits per heavy atom. The van der Waals surface area contributed by atoms with E-state index in [1.165, 1.54) is 37.3 Å². The number of aliphatic hydroxyl groups excluding tert-OH is 1. The number of halogens is 2. The molecule has 10 heteroatoms. The number of carboxylic acid groups (broad SMARTS) is 1. The molecule has 1 saturated carbocycles. The van der Waals surface area contributed by atoms with Crippen molar-refractivity contribution in [1.29, 1.82) is 0 Å². The Kier molecular flexibility index (Phi) is 8.05. The molecule has 8 nitrogen and oxygen atoms in total. The molecule has 1 aliphatic carbocycles. The highest BCUT2D eigenvalue weighted by Gasteiger charge is 2.35. The molecule has 36 heavy (non-hydrogen) atoms. The highest BCUT2D eigenvalue weighted by atomic mass is 19.3. The molecular weight excluding hydrogens is 474 g/mol. The second-order valence-corrected chi connectivity index (χ2v) is 9.33. The third kappa shape index (κ3) is 6.50.